The topological polar surface area (TPSA) is 82.2 Å². The van der Waals surface area contributed by atoms with Gasteiger partial charge in [0.2, 0.25) is 5.91 Å². The number of nitrogens with one attached hydrogen (secondary N) is 1. The zero-order valence-corrected chi connectivity index (χ0v) is 15.5. The molecule has 1 aliphatic heterocycles. The first-order chi connectivity index (χ1) is 10.7. The molecule has 0 radical (unpaired) electrons. The van der Waals surface area contributed by atoms with Crippen LogP contribution in [0.4, 0.5) is 0 Å². The van der Waals surface area contributed by atoms with Crippen LogP contribution in [0.25, 0.3) is 0 Å². The maximum absolute atomic E-state index is 12.4. The van der Waals surface area contributed by atoms with Crippen LogP contribution in [-0.2, 0) is 4.79 Å². The van der Waals surface area contributed by atoms with Gasteiger partial charge in [0.05, 0.1) is 12.1 Å². The number of amides is 1. The summed E-state index contributed by atoms with van der Waals surface area (Å²) in [5.74, 6) is -0.197. The van der Waals surface area contributed by atoms with E-state index in [0.717, 1.165) is 25.9 Å². The Morgan fingerprint density at radius 1 is 1.30 bits per heavy atom. The van der Waals surface area contributed by atoms with Gasteiger partial charge in [-0.2, -0.15) is 5.26 Å². The Hall–Kier alpha value is -1.12. The van der Waals surface area contributed by atoms with Crippen molar-refractivity contribution in [2.24, 2.45) is 11.1 Å². The molecular formula is C18H34N4O. The van der Waals surface area contributed by atoms with Crippen molar-refractivity contribution in [3.05, 3.63) is 0 Å². The van der Waals surface area contributed by atoms with E-state index in [2.05, 4.69) is 50.9 Å². The molecule has 1 aliphatic rings. The van der Waals surface area contributed by atoms with Crippen molar-refractivity contribution in [3.63, 3.8) is 0 Å². The largest absolute Gasteiger partial charge is 0.336 e. The molecular weight excluding hydrogens is 288 g/mol. The molecule has 1 fully saturated rings. The molecule has 0 aliphatic carbocycles. The van der Waals surface area contributed by atoms with E-state index in [1.165, 1.54) is 0 Å². The summed E-state index contributed by atoms with van der Waals surface area (Å²) >= 11 is 0. The summed E-state index contributed by atoms with van der Waals surface area (Å²) < 4.78 is 0. The van der Waals surface area contributed by atoms with E-state index < -0.39 is 11.6 Å². The van der Waals surface area contributed by atoms with Crippen molar-refractivity contribution >= 4 is 5.91 Å². The standard InChI is InChI=1S/C18H34N4O/c1-6-14(7-2)22-10-8-18(13-19,9-11-22)21-16(23)15(20)12-17(3,4)5/h14-15H,6-12,20H2,1-5H3,(H,21,23). The molecule has 0 aromatic heterocycles. The highest BCUT2D eigenvalue weighted by Gasteiger charge is 2.38. The Labute approximate surface area is 141 Å². The molecule has 0 aromatic carbocycles. The third-order valence-electron chi connectivity index (χ3n) is 4.86. The number of likely N-dealkylation sites (tertiary alicyclic amines) is 1. The van der Waals surface area contributed by atoms with E-state index >= 15 is 0 Å². The molecule has 0 aromatic rings. The normalized spacial score (nSPS) is 20.1. The van der Waals surface area contributed by atoms with Gasteiger partial charge in [0.25, 0.3) is 0 Å². The summed E-state index contributed by atoms with van der Waals surface area (Å²) in [5, 5.41) is 12.6. The van der Waals surface area contributed by atoms with Crippen LogP contribution in [-0.4, -0.2) is 41.5 Å². The number of piperidine rings is 1. The smallest absolute Gasteiger partial charge is 0.238 e. The highest BCUT2D eigenvalue weighted by atomic mass is 16.2. The molecule has 1 unspecified atom stereocenters. The summed E-state index contributed by atoms with van der Waals surface area (Å²) in [7, 11) is 0. The minimum atomic E-state index is -0.755. The van der Waals surface area contributed by atoms with E-state index in [1.807, 2.05) is 0 Å². The first-order valence-corrected chi connectivity index (χ1v) is 8.89. The minimum absolute atomic E-state index is 0.00456. The second kappa shape index (κ2) is 8.12. The predicted molar refractivity (Wildman–Crippen MR) is 93.7 cm³/mol. The van der Waals surface area contributed by atoms with Crippen molar-refractivity contribution in [1.29, 1.82) is 5.26 Å². The zero-order chi connectivity index (χ0) is 17.7. The number of nitrogens with two attached hydrogens (primary N) is 1. The molecule has 1 heterocycles. The highest BCUT2D eigenvalue weighted by Crippen LogP contribution is 2.26. The van der Waals surface area contributed by atoms with Gasteiger partial charge in [0, 0.05) is 19.1 Å². The van der Waals surface area contributed by atoms with E-state index in [4.69, 9.17) is 5.73 Å². The van der Waals surface area contributed by atoms with Crippen molar-refractivity contribution in [2.45, 2.75) is 84.3 Å². The summed E-state index contributed by atoms with van der Waals surface area (Å²) in [4.78, 5) is 14.8. The number of carbonyl (C=O) groups is 1. The lowest BCUT2D eigenvalue weighted by molar-refractivity contribution is -0.124. The summed E-state index contributed by atoms with van der Waals surface area (Å²) in [5.41, 5.74) is 5.26. The Kier molecular flexibility index (Phi) is 7.03. The molecule has 1 rings (SSSR count). The van der Waals surface area contributed by atoms with Gasteiger partial charge in [-0.1, -0.05) is 34.6 Å². The molecule has 3 N–H and O–H groups in total. The molecule has 0 saturated carbocycles. The Morgan fingerprint density at radius 3 is 2.22 bits per heavy atom. The van der Waals surface area contributed by atoms with Gasteiger partial charge in [0.15, 0.2) is 0 Å². The van der Waals surface area contributed by atoms with Gasteiger partial charge in [-0.15, -0.1) is 0 Å². The summed E-state index contributed by atoms with van der Waals surface area (Å²) in [6.07, 6.45) is 4.21. The van der Waals surface area contributed by atoms with Crippen LogP contribution in [0.1, 0.15) is 66.7 Å². The number of nitriles is 1. The number of rotatable bonds is 6. The second-order valence-electron chi connectivity index (χ2n) is 8.06. The minimum Gasteiger partial charge on any atom is -0.336 e. The predicted octanol–water partition coefficient (Wildman–Crippen LogP) is 2.41. The Balaban J connectivity index is 2.64. The summed E-state index contributed by atoms with van der Waals surface area (Å²) in [6, 6.07) is 2.36. The molecule has 0 bridgehead atoms. The van der Waals surface area contributed by atoms with Gasteiger partial charge in [-0.05, 0) is 37.5 Å². The third kappa shape index (κ3) is 5.78. The lowest BCUT2D eigenvalue weighted by Gasteiger charge is -2.41. The van der Waals surface area contributed by atoms with Gasteiger partial charge >= 0.3 is 0 Å². The van der Waals surface area contributed by atoms with Crippen LogP contribution in [0.15, 0.2) is 0 Å². The zero-order valence-electron chi connectivity index (χ0n) is 15.5. The average molecular weight is 322 g/mol. The maximum atomic E-state index is 12.4. The average Bonchev–Trinajstić information content (AvgIpc) is 2.48. The van der Waals surface area contributed by atoms with E-state index in [9.17, 15) is 10.1 Å². The van der Waals surface area contributed by atoms with Crippen LogP contribution in [0, 0.1) is 16.7 Å². The van der Waals surface area contributed by atoms with Gasteiger partial charge < -0.3 is 16.0 Å². The van der Waals surface area contributed by atoms with Gasteiger partial charge in [-0.25, -0.2) is 0 Å². The van der Waals surface area contributed by atoms with Crippen molar-refractivity contribution in [2.75, 3.05) is 13.1 Å². The van der Waals surface area contributed by atoms with Crippen molar-refractivity contribution in [3.8, 4) is 6.07 Å². The van der Waals surface area contributed by atoms with Crippen molar-refractivity contribution in [1.82, 2.24) is 10.2 Å². The van der Waals surface area contributed by atoms with Gasteiger partial charge in [-0.3, -0.25) is 4.79 Å². The molecule has 5 nitrogen and oxygen atoms in total. The molecule has 132 valence electrons. The third-order valence-corrected chi connectivity index (χ3v) is 4.86. The fourth-order valence-corrected chi connectivity index (χ4v) is 3.42. The number of nitrogens with zero attached hydrogens (tertiary/aromatic N) is 2. The number of hydrogen-bond donors (Lipinski definition) is 2. The molecule has 0 spiro atoms. The first kappa shape index (κ1) is 19.9. The van der Waals surface area contributed by atoms with Crippen LogP contribution >= 0.6 is 0 Å². The number of carbonyl (C=O) groups excluding carboxylic acids is 1. The SMILES string of the molecule is CCC(CC)N1CCC(C#N)(NC(=O)C(N)CC(C)(C)C)CC1. The number of hydrogen-bond acceptors (Lipinski definition) is 4. The second-order valence-corrected chi connectivity index (χ2v) is 8.06. The van der Waals surface area contributed by atoms with Crippen molar-refractivity contribution < 1.29 is 4.79 Å². The lowest BCUT2D eigenvalue weighted by atomic mass is 9.85. The fourth-order valence-electron chi connectivity index (χ4n) is 3.42. The maximum Gasteiger partial charge on any atom is 0.238 e. The van der Waals surface area contributed by atoms with E-state index in [1.54, 1.807) is 0 Å². The molecule has 23 heavy (non-hydrogen) atoms. The quantitative estimate of drug-likeness (QED) is 0.787. The van der Waals surface area contributed by atoms with Crippen LogP contribution in [0.3, 0.4) is 0 Å². The fraction of sp³-hybridized carbons (Fsp3) is 0.889. The molecule has 1 saturated heterocycles. The van der Waals surface area contributed by atoms with E-state index in [0.29, 0.717) is 25.3 Å². The van der Waals surface area contributed by atoms with Crippen LogP contribution in [0.5, 0.6) is 0 Å². The molecule has 1 amide bonds. The lowest BCUT2D eigenvalue weighted by Crippen LogP contribution is -2.59. The van der Waals surface area contributed by atoms with Crippen LogP contribution < -0.4 is 11.1 Å². The highest BCUT2D eigenvalue weighted by molar-refractivity contribution is 5.82. The first-order valence-electron chi connectivity index (χ1n) is 8.89. The molecule has 1 atom stereocenters. The monoisotopic (exact) mass is 322 g/mol. The van der Waals surface area contributed by atoms with E-state index in [-0.39, 0.29) is 11.3 Å². The summed E-state index contributed by atoms with van der Waals surface area (Å²) in [6.45, 7) is 12.3. The van der Waals surface area contributed by atoms with Crippen LogP contribution in [0.2, 0.25) is 0 Å². The molecule has 5 heteroatoms. The Bertz CT molecular complexity index is 423. The Morgan fingerprint density at radius 2 is 1.83 bits per heavy atom. The van der Waals surface area contributed by atoms with Gasteiger partial charge in [0.1, 0.15) is 5.54 Å².